The minimum atomic E-state index is -0.980. The number of hydrogen-bond donors (Lipinski definition) is 2. The lowest BCUT2D eigenvalue weighted by molar-refractivity contribution is 0.0698. The second-order valence-electron chi connectivity index (χ2n) is 8.89. The molecule has 0 radical (unpaired) electrons. The minimum Gasteiger partial charge on any atom is -0.478 e. The second-order valence-corrected chi connectivity index (χ2v) is 8.89. The third-order valence-corrected chi connectivity index (χ3v) is 6.69. The number of carboxylic acids is 1. The number of benzene rings is 2. The van der Waals surface area contributed by atoms with Crippen molar-refractivity contribution in [3.8, 4) is 0 Å². The first-order valence-corrected chi connectivity index (χ1v) is 10.7. The molecule has 0 spiro atoms. The monoisotopic (exact) mass is 418 g/mol. The normalized spacial score (nSPS) is 20.5. The molecule has 0 amide bonds. The minimum absolute atomic E-state index is 0.0489. The summed E-state index contributed by atoms with van der Waals surface area (Å²) in [4.78, 5) is 32.1. The zero-order valence-electron chi connectivity index (χ0n) is 17.9. The molecule has 2 saturated heterocycles. The van der Waals surface area contributed by atoms with Crippen molar-refractivity contribution in [1.82, 2.24) is 9.55 Å². The van der Waals surface area contributed by atoms with E-state index in [0.29, 0.717) is 28.6 Å². The average molecular weight is 418 g/mol. The van der Waals surface area contributed by atoms with Crippen molar-refractivity contribution in [3.63, 3.8) is 0 Å². The van der Waals surface area contributed by atoms with Crippen LogP contribution in [0.5, 0.6) is 0 Å². The predicted molar refractivity (Wildman–Crippen MR) is 121 cm³/mol. The van der Waals surface area contributed by atoms with Crippen molar-refractivity contribution >= 4 is 28.5 Å². The van der Waals surface area contributed by atoms with Gasteiger partial charge in [-0.15, -0.1) is 0 Å². The summed E-state index contributed by atoms with van der Waals surface area (Å²) in [5.74, 6) is 0.459. The van der Waals surface area contributed by atoms with Gasteiger partial charge in [-0.2, -0.15) is 0 Å². The summed E-state index contributed by atoms with van der Waals surface area (Å²) in [6, 6.07) is 11.0. The molecule has 1 aliphatic carbocycles. The third-order valence-electron chi connectivity index (χ3n) is 6.69. The molecule has 31 heavy (non-hydrogen) atoms. The number of fused-ring (bicyclic) bond motifs is 2. The molecule has 160 valence electrons. The smallest absolute Gasteiger partial charge is 0.337 e. The number of rotatable bonds is 5. The van der Waals surface area contributed by atoms with E-state index in [9.17, 15) is 14.7 Å². The molecule has 6 rings (SSSR count). The topological polar surface area (TPSA) is 87.5 Å². The maximum Gasteiger partial charge on any atom is 0.337 e. The van der Waals surface area contributed by atoms with Crippen LogP contribution in [0.1, 0.15) is 47.3 Å². The number of aromatic nitrogens is 2. The van der Waals surface area contributed by atoms with Crippen molar-refractivity contribution < 1.29 is 9.90 Å². The second kappa shape index (κ2) is 7.11. The Morgan fingerprint density at radius 2 is 2.00 bits per heavy atom. The Morgan fingerprint density at radius 3 is 2.68 bits per heavy atom. The zero-order chi connectivity index (χ0) is 21.9. The molecule has 7 heteroatoms. The van der Waals surface area contributed by atoms with Gasteiger partial charge in [0, 0.05) is 30.9 Å². The molecule has 3 aliphatic rings. The van der Waals surface area contributed by atoms with Gasteiger partial charge in [-0.1, -0.05) is 18.2 Å². The molecule has 1 aromatic heterocycles. The van der Waals surface area contributed by atoms with E-state index in [-0.39, 0.29) is 17.2 Å². The Hall–Kier alpha value is -3.35. The molecular weight excluding hydrogens is 392 g/mol. The number of carbonyl (C=O) groups is 1. The molecule has 3 heterocycles. The van der Waals surface area contributed by atoms with Crippen LogP contribution in [0.25, 0.3) is 10.9 Å². The molecule has 2 bridgehead atoms. The van der Waals surface area contributed by atoms with E-state index in [1.54, 1.807) is 35.9 Å². The summed E-state index contributed by atoms with van der Waals surface area (Å²) < 4.78 is 1.67. The Labute approximate surface area is 180 Å². The summed E-state index contributed by atoms with van der Waals surface area (Å²) in [5, 5.41) is 13.4. The standard InChI is InChI=1S/C24H26N4O3/c1-13-8-18(14(2)25-20-7-5-4-6-17(20)23(30)31)21-19(9-13)22(29)27(3)24(26-21)28-12-15-10-16(28)11-15/h4-9,14-16,25H,10-12H2,1-3H3,(H,30,31). The molecule has 2 N–H and O–H groups in total. The van der Waals surface area contributed by atoms with Crippen molar-refractivity contribution in [2.24, 2.45) is 13.0 Å². The van der Waals surface area contributed by atoms with E-state index in [0.717, 1.165) is 23.6 Å². The number of nitrogens with one attached hydrogen (secondary N) is 1. The van der Waals surface area contributed by atoms with Crippen molar-refractivity contribution in [2.45, 2.75) is 38.8 Å². The summed E-state index contributed by atoms with van der Waals surface area (Å²) in [5.41, 5.74) is 3.25. The first-order valence-electron chi connectivity index (χ1n) is 10.7. The van der Waals surface area contributed by atoms with Crippen LogP contribution in [0.4, 0.5) is 11.6 Å². The van der Waals surface area contributed by atoms with E-state index >= 15 is 0 Å². The first kappa shape index (κ1) is 19.6. The predicted octanol–water partition coefficient (Wildman–Crippen LogP) is 3.71. The van der Waals surface area contributed by atoms with Gasteiger partial charge in [0.25, 0.3) is 5.56 Å². The fourth-order valence-corrected chi connectivity index (χ4v) is 5.01. The number of aromatic carboxylic acids is 1. The van der Waals surface area contributed by atoms with Gasteiger partial charge in [0.15, 0.2) is 0 Å². The van der Waals surface area contributed by atoms with Gasteiger partial charge >= 0.3 is 5.97 Å². The molecule has 1 atom stereocenters. The fraction of sp³-hybridized carbons (Fsp3) is 0.375. The first-order chi connectivity index (χ1) is 14.8. The van der Waals surface area contributed by atoms with Crippen LogP contribution in [0.2, 0.25) is 0 Å². The number of anilines is 2. The van der Waals surface area contributed by atoms with E-state index in [1.807, 2.05) is 26.0 Å². The molecule has 3 fully saturated rings. The summed E-state index contributed by atoms with van der Waals surface area (Å²) in [7, 11) is 1.80. The van der Waals surface area contributed by atoms with Gasteiger partial charge in [0.2, 0.25) is 5.95 Å². The quantitative estimate of drug-likeness (QED) is 0.657. The third kappa shape index (κ3) is 3.15. The van der Waals surface area contributed by atoms with Gasteiger partial charge in [-0.05, 0) is 56.4 Å². The highest BCUT2D eigenvalue weighted by Gasteiger charge is 2.44. The number of nitrogens with zero attached hydrogens (tertiary/aromatic N) is 3. The van der Waals surface area contributed by atoms with Gasteiger partial charge in [-0.3, -0.25) is 9.36 Å². The van der Waals surface area contributed by atoms with Gasteiger partial charge in [-0.25, -0.2) is 9.78 Å². The maximum absolute atomic E-state index is 13.3. The van der Waals surface area contributed by atoms with Crippen LogP contribution in [0, 0.1) is 12.8 Å². The fourth-order valence-electron chi connectivity index (χ4n) is 5.01. The Bertz CT molecular complexity index is 1260. The maximum atomic E-state index is 13.3. The average Bonchev–Trinajstić information content (AvgIpc) is 3.31. The van der Waals surface area contributed by atoms with Crippen LogP contribution in [0.3, 0.4) is 0 Å². The summed E-state index contributed by atoms with van der Waals surface area (Å²) in [6.07, 6.45) is 2.36. The Kier molecular flexibility index (Phi) is 4.50. The number of hydrogen-bond acceptors (Lipinski definition) is 5. The van der Waals surface area contributed by atoms with Crippen LogP contribution in [0.15, 0.2) is 41.2 Å². The zero-order valence-corrected chi connectivity index (χ0v) is 17.9. The number of para-hydroxylation sites is 1. The van der Waals surface area contributed by atoms with Crippen molar-refractivity contribution in [2.75, 3.05) is 16.8 Å². The van der Waals surface area contributed by atoms with Crippen LogP contribution in [-0.2, 0) is 7.05 Å². The lowest BCUT2D eigenvalue weighted by Crippen LogP contribution is -2.34. The van der Waals surface area contributed by atoms with Gasteiger partial charge < -0.3 is 15.3 Å². The van der Waals surface area contributed by atoms with E-state index in [2.05, 4.69) is 10.2 Å². The highest BCUT2D eigenvalue weighted by Crippen LogP contribution is 2.42. The van der Waals surface area contributed by atoms with Crippen LogP contribution < -0.4 is 15.8 Å². The number of carboxylic acid groups (broad SMARTS) is 1. The van der Waals surface area contributed by atoms with Crippen molar-refractivity contribution in [3.05, 3.63) is 63.4 Å². The molecule has 2 aromatic carbocycles. The lowest BCUT2D eigenvalue weighted by atomic mass is 9.86. The largest absolute Gasteiger partial charge is 0.478 e. The molecular formula is C24H26N4O3. The van der Waals surface area contributed by atoms with Crippen molar-refractivity contribution in [1.29, 1.82) is 0 Å². The molecule has 2 aliphatic heterocycles. The molecule has 7 nitrogen and oxygen atoms in total. The van der Waals surface area contributed by atoms with Gasteiger partial charge in [0.1, 0.15) is 0 Å². The molecule has 3 aromatic rings. The van der Waals surface area contributed by atoms with E-state index in [1.165, 1.54) is 12.8 Å². The SMILES string of the molecule is Cc1cc(C(C)Nc2ccccc2C(=O)O)c2nc(N3CC4CC3C4)n(C)c(=O)c2c1. The molecule has 1 unspecified atom stereocenters. The highest BCUT2D eigenvalue weighted by molar-refractivity contribution is 5.94. The van der Waals surface area contributed by atoms with Crippen LogP contribution in [-0.4, -0.2) is 33.2 Å². The van der Waals surface area contributed by atoms with Gasteiger partial charge in [0.05, 0.1) is 22.5 Å². The van der Waals surface area contributed by atoms with E-state index < -0.39 is 5.97 Å². The number of aryl methyl sites for hydroxylation is 1. The lowest BCUT2D eigenvalue weighted by Gasteiger charge is -2.28. The Balaban J connectivity index is 1.62. The summed E-state index contributed by atoms with van der Waals surface area (Å²) >= 11 is 0. The highest BCUT2D eigenvalue weighted by atomic mass is 16.4. The van der Waals surface area contributed by atoms with E-state index in [4.69, 9.17) is 4.98 Å². The Morgan fingerprint density at radius 1 is 1.26 bits per heavy atom. The molecule has 1 saturated carbocycles. The summed E-state index contributed by atoms with van der Waals surface area (Å²) in [6.45, 7) is 4.89. The van der Waals surface area contributed by atoms with Crippen LogP contribution >= 0.6 is 0 Å².